The number of aromatic nitrogens is 2. The lowest BCUT2D eigenvalue weighted by atomic mass is 10.1. The molecule has 2 rings (SSSR count). The van der Waals surface area contributed by atoms with Crippen molar-refractivity contribution in [3.05, 3.63) is 53.3 Å². The first-order valence-corrected chi connectivity index (χ1v) is 6.37. The van der Waals surface area contributed by atoms with E-state index in [1.165, 1.54) is 12.1 Å². The Morgan fingerprint density at radius 3 is 2.38 bits per heavy atom. The van der Waals surface area contributed by atoms with Crippen LogP contribution in [-0.4, -0.2) is 26.9 Å². The van der Waals surface area contributed by atoms with Crippen molar-refractivity contribution in [3.8, 4) is 0 Å². The van der Waals surface area contributed by atoms with Gasteiger partial charge in [-0.2, -0.15) is 5.10 Å². The summed E-state index contributed by atoms with van der Waals surface area (Å²) in [6, 6.07) is 7.87. The number of carbonyl (C=O) groups excluding carboxylic acids is 1. The highest BCUT2D eigenvalue weighted by molar-refractivity contribution is 5.87. The SMILES string of the molecule is Cn1ccc(CNC(=O)NCc2ccc(C(=O)O)cc2)n1. The number of carboxylic acids is 1. The van der Waals surface area contributed by atoms with Crippen molar-refractivity contribution in [1.29, 1.82) is 0 Å². The Hall–Kier alpha value is -2.83. The van der Waals surface area contributed by atoms with Crippen LogP contribution in [0.4, 0.5) is 4.79 Å². The Kier molecular flexibility index (Phi) is 4.55. The van der Waals surface area contributed by atoms with Crippen molar-refractivity contribution in [2.24, 2.45) is 7.05 Å². The van der Waals surface area contributed by atoms with E-state index in [9.17, 15) is 9.59 Å². The molecule has 0 saturated heterocycles. The molecular formula is C14H16N4O3. The van der Waals surface area contributed by atoms with Crippen LogP contribution in [0.25, 0.3) is 0 Å². The van der Waals surface area contributed by atoms with E-state index in [1.54, 1.807) is 23.0 Å². The maximum Gasteiger partial charge on any atom is 0.335 e. The van der Waals surface area contributed by atoms with Crippen LogP contribution in [0.5, 0.6) is 0 Å². The summed E-state index contributed by atoms with van der Waals surface area (Å²) in [7, 11) is 1.81. The van der Waals surface area contributed by atoms with Crippen molar-refractivity contribution < 1.29 is 14.7 Å². The molecule has 1 aromatic heterocycles. The lowest BCUT2D eigenvalue weighted by molar-refractivity contribution is 0.0697. The number of nitrogens with zero attached hydrogens (tertiary/aromatic N) is 2. The first kappa shape index (κ1) is 14.6. The smallest absolute Gasteiger partial charge is 0.335 e. The second kappa shape index (κ2) is 6.56. The Bertz CT molecular complexity index is 634. The molecule has 0 atom stereocenters. The van der Waals surface area contributed by atoms with Gasteiger partial charge in [0.25, 0.3) is 0 Å². The van der Waals surface area contributed by atoms with Gasteiger partial charge in [0.2, 0.25) is 0 Å². The molecule has 7 heteroatoms. The third kappa shape index (κ3) is 4.34. The predicted octanol–water partition coefficient (Wildman–Crippen LogP) is 1.12. The summed E-state index contributed by atoms with van der Waals surface area (Å²) in [5.74, 6) is -0.970. The van der Waals surface area contributed by atoms with Crippen LogP contribution in [0.15, 0.2) is 36.5 Å². The summed E-state index contributed by atoms with van der Waals surface area (Å²) in [6.07, 6.45) is 1.80. The molecule has 1 aromatic carbocycles. The Morgan fingerprint density at radius 2 is 1.81 bits per heavy atom. The average molecular weight is 288 g/mol. The van der Waals surface area contributed by atoms with Crippen LogP contribution in [0.2, 0.25) is 0 Å². The van der Waals surface area contributed by atoms with Crippen molar-refractivity contribution in [2.75, 3.05) is 0 Å². The molecule has 0 aliphatic carbocycles. The standard InChI is InChI=1S/C14H16N4O3/c1-18-7-6-12(17-18)9-16-14(21)15-8-10-2-4-11(5-3-10)13(19)20/h2-7H,8-9H2,1H3,(H,19,20)(H2,15,16,21). The van der Waals surface area contributed by atoms with Crippen molar-refractivity contribution in [1.82, 2.24) is 20.4 Å². The van der Waals surface area contributed by atoms with Gasteiger partial charge in [0, 0.05) is 19.8 Å². The minimum Gasteiger partial charge on any atom is -0.478 e. The first-order valence-electron chi connectivity index (χ1n) is 6.37. The van der Waals surface area contributed by atoms with Crippen LogP contribution in [0, 0.1) is 0 Å². The Labute approximate surface area is 121 Å². The number of nitrogens with one attached hydrogen (secondary N) is 2. The van der Waals surface area contributed by atoms with E-state index >= 15 is 0 Å². The van der Waals surface area contributed by atoms with Gasteiger partial charge in [-0.25, -0.2) is 9.59 Å². The van der Waals surface area contributed by atoms with E-state index < -0.39 is 5.97 Å². The summed E-state index contributed by atoms with van der Waals surface area (Å²) in [6.45, 7) is 0.679. The average Bonchev–Trinajstić information content (AvgIpc) is 2.89. The molecule has 0 spiro atoms. The predicted molar refractivity (Wildman–Crippen MR) is 75.7 cm³/mol. The van der Waals surface area contributed by atoms with Crippen LogP contribution < -0.4 is 10.6 Å². The largest absolute Gasteiger partial charge is 0.478 e. The van der Waals surface area contributed by atoms with Gasteiger partial charge in [-0.1, -0.05) is 12.1 Å². The quantitative estimate of drug-likeness (QED) is 0.768. The molecule has 0 fully saturated rings. The number of hydrogen-bond donors (Lipinski definition) is 3. The Morgan fingerprint density at radius 1 is 1.14 bits per heavy atom. The maximum absolute atomic E-state index is 11.6. The zero-order valence-corrected chi connectivity index (χ0v) is 11.5. The topological polar surface area (TPSA) is 96.2 Å². The second-order valence-corrected chi connectivity index (χ2v) is 4.52. The van der Waals surface area contributed by atoms with Gasteiger partial charge in [-0.15, -0.1) is 0 Å². The van der Waals surface area contributed by atoms with Crippen LogP contribution in [-0.2, 0) is 20.1 Å². The number of amides is 2. The normalized spacial score (nSPS) is 10.1. The van der Waals surface area contributed by atoms with Crippen molar-refractivity contribution in [3.63, 3.8) is 0 Å². The minimum atomic E-state index is -0.970. The van der Waals surface area contributed by atoms with E-state index in [4.69, 9.17) is 5.11 Å². The number of hydrogen-bond acceptors (Lipinski definition) is 3. The van der Waals surface area contributed by atoms with E-state index in [2.05, 4.69) is 15.7 Å². The summed E-state index contributed by atoms with van der Waals surface area (Å²) < 4.78 is 1.67. The van der Waals surface area contributed by atoms with Gasteiger partial charge >= 0.3 is 12.0 Å². The molecule has 7 nitrogen and oxygen atoms in total. The summed E-state index contributed by atoms with van der Waals surface area (Å²) in [5.41, 5.74) is 1.82. The number of aromatic carboxylic acids is 1. The number of urea groups is 1. The zero-order valence-electron chi connectivity index (χ0n) is 11.5. The molecular weight excluding hydrogens is 272 g/mol. The van der Waals surface area contributed by atoms with Crippen LogP contribution in [0.1, 0.15) is 21.6 Å². The molecule has 0 unspecified atom stereocenters. The van der Waals surface area contributed by atoms with E-state index in [0.717, 1.165) is 11.3 Å². The van der Waals surface area contributed by atoms with Gasteiger partial charge in [-0.05, 0) is 23.8 Å². The van der Waals surface area contributed by atoms with Gasteiger partial charge in [0.05, 0.1) is 17.8 Å². The summed E-state index contributed by atoms with van der Waals surface area (Å²) in [4.78, 5) is 22.3. The molecule has 2 amide bonds. The number of aryl methyl sites for hydroxylation is 1. The van der Waals surface area contributed by atoms with Crippen LogP contribution >= 0.6 is 0 Å². The third-order valence-corrected chi connectivity index (χ3v) is 2.85. The zero-order chi connectivity index (χ0) is 15.2. The van der Waals surface area contributed by atoms with Crippen LogP contribution in [0.3, 0.4) is 0 Å². The van der Waals surface area contributed by atoms with Crippen molar-refractivity contribution >= 4 is 12.0 Å². The highest BCUT2D eigenvalue weighted by Gasteiger charge is 2.04. The first-order chi connectivity index (χ1) is 10.0. The lowest BCUT2D eigenvalue weighted by Crippen LogP contribution is -2.34. The van der Waals surface area contributed by atoms with E-state index in [0.29, 0.717) is 13.1 Å². The number of carbonyl (C=O) groups is 2. The molecule has 0 aliphatic heterocycles. The number of carboxylic acid groups (broad SMARTS) is 1. The fraction of sp³-hybridized carbons (Fsp3) is 0.214. The molecule has 0 saturated carbocycles. The monoisotopic (exact) mass is 288 g/mol. The molecule has 0 aliphatic rings. The number of rotatable bonds is 5. The van der Waals surface area contributed by atoms with E-state index in [1.807, 2.05) is 13.1 Å². The maximum atomic E-state index is 11.6. The second-order valence-electron chi connectivity index (χ2n) is 4.52. The molecule has 110 valence electrons. The third-order valence-electron chi connectivity index (χ3n) is 2.85. The van der Waals surface area contributed by atoms with E-state index in [-0.39, 0.29) is 11.6 Å². The van der Waals surface area contributed by atoms with Gasteiger partial charge in [0.1, 0.15) is 0 Å². The summed E-state index contributed by atoms with van der Waals surface area (Å²) in [5, 5.41) is 18.3. The molecule has 1 heterocycles. The fourth-order valence-corrected chi connectivity index (χ4v) is 1.74. The highest BCUT2D eigenvalue weighted by atomic mass is 16.4. The molecule has 3 N–H and O–H groups in total. The van der Waals surface area contributed by atoms with Gasteiger partial charge in [-0.3, -0.25) is 4.68 Å². The van der Waals surface area contributed by atoms with Gasteiger partial charge < -0.3 is 15.7 Å². The Balaban J connectivity index is 1.77. The number of benzene rings is 1. The van der Waals surface area contributed by atoms with Gasteiger partial charge in [0.15, 0.2) is 0 Å². The molecule has 0 radical (unpaired) electrons. The lowest BCUT2D eigenvalue weighted by Gasteiger charge is -2.07. The highest BCUT2D eigenvalue weighted by Crippen LogP contribution is 2.04. The minimum absolute atomic E-state index is 0.221. The fourth-order valence-electron chi connectivity index (χ4n) is 1.74. The molecule has 21 heavy (non-hydrogen) atoms. The summed E-state index contributed by atoms with van der Waals surface area (Å²) >= 11 is 0. The van der Waals surface area contributed by atoms with Crippen molar-refractivity contribution in [2.45, 2.75) is 13.1 Å². The molecule has 0 bridgehead atoms. The molecule has 2 aromatic rings.